The van der Waals surface area contributed by atoms with Gasteiger partial charge in [-0.05, 0) is 23.6 Å². The Balaban J connectivity index is 1.71. The maximum Gasteiger partial charge on any atom is 0.262 e. The van der Waals surface area contributed by atoms with E-state index < -0.39 is 5.82 Å². The number of amides is 1. The number of thiophene rings is 1. The Morgan fingerprint density at radius 1 is 1.25 bits per heavy atom. The Bertz CT molecular complexity index is 629. The molecule has 0 aliphatic rings. The van der Waals surface area contributed by atoms with Gasteiger partial charge >= 0.3 is 0 Å². The van der Waals surface area contributed by atoms with Gasteiger partial charge in [-0.1, -0.05) is 30.0 Å². The molecular weight excluding hydrogens is 277 g/mol. The van der Waals surface area contributed by atoms with Gasteiger partial charge in [-0.2, -0.15) is 0 Å². The highest BCUT2D eigenvalue weighted by atomic mass is 32.1. The van der Waals surface area contributed by atoms with Crippen LogP contribution in [0.5, 0.6) is 5.75 Å². The van der Waals surface area contributed by atoms with Crippen molar-refractivity contribution in [2.45, 2.75) is 0 Å². The third kappa shape index (κ3) is 4.11. The van der Waals surface area contributed by atoms with Crippen molar-refractivity contribution in [2.75, 3.05) is 13.2 Å². The van der Waals surface area contributed by atoms with Crippen LogP contribution >= 0.6 is 11.3 Å². The summed E-state index contributed by atoms with van der Waals surface area (Å²) in [6.07, 6.45) is 0. The Labute approximate surface area is 120 Å². The number of ether oxygens (including phenoxy) is 1. The number of rotatable bonds is 4. The van der Waals surface area contributed by atoms with Crippen LogP contribution in [0.3, 0.4) is 0 Å². The summed E-state index contributed by atoms with van der Waals surface area (Å²) in [5.74, 6) is 5.06. The van der Waals surface area contributed by atoms with Crippen LogP contribution in [0.2, 0.25) is 0 Å². The van der Waals surface area contributed by atoms with E-state index in [4.69, 9.17) is 4.74 Å². The first-order valence-corrected chi connectivity index (χ1v) is 6.80. The predicted octanol–water partition coefficient (Wildman–Crippen LogP) is 2.70. The molecule has 0 spiro atoms. The van der Waals surface area contributed by atoms with Gasteiger partial charge in [-0.25, -0.2) is 4.39 Å². The molecule has 0 saturated carbocycles. The lowest BCUT2D eigenvalue weighted by molar-refractivity contribution is 0.0962. The van der Waals surface area contributed by atoms with Crippen LogP contribution in [-0.4, -0.2) is 19.1 Å². The molecular formula is C15H12FNO2S. The van der Waals surface area contributed by atoms with Crippen molar-refractivity contribution in [3.63, 3.8) is 0 Å². The molecule has 0 fully saturated rings. The summed E-state index contributed by atoms with van der Waals surface area (Å²) in [7, 11) is 0. The van der Waals surface area contributed by atoms with Gasteiger partial charge in [-0.3, -0.25) is 4.79 Å². The van der Waals surface area contributed by atoms with E-state index in [0.29, 0.717) is 4.88 Å². The highest BCUT2D eigenvalue weighted by Gasteiger charge is 2.03. The summed E-state index contributed by atoms with van der Waals surface area (Å²) in [4.78, 5) is 12.2. The molecule has 0 saturated heterocycles. The Hall–Kier alpha value is -2.32. The van der Waals surface area contributed by atoms with Gasteiger partial charge in [0.1, 0.15) is 6.61 Å². The van der Waals surface area contributed by atoms with E-state index in [0.717, 1.165) is 0 Å². The summed E-state index contributed by atoms with van der Waals surface area (Å²) in [5, 5.41) is 4.50. The summed E-state index contributed by atoms with van der Waals surface area (Å²) in [5.41, 5.74) is 0. The lowest BCUT2D eigenvalue weighted by atomic mass is 10.3. The van der Waals surface area contributed by atoms with Gasteiger partial charge in [0.2, 0.25) is 0 Å². The predicted molar refractivity (Wildman–Crippen MR) is 76.3 cm³/mol. The van der Waals surface area contributed by atoms with E-state index >= 15 is 0 Å². The fourth-order valence-corrected chi connectivity index (χ4v) is 2.05. The van der Waals surface area contributed by atoms with E-state index in [9.17, 15) is 9.18 Å². The molecule has 1 aromatic carbocycles. The van der Waals surface area contributed by atoms with Gasteiger partial charge in [0.05, 0.1) is 11.4 Å². The van der Waals surface area contributed by atoms with E-state index in [-0.39, 0.29) is 24.8 Å². The third-order valence-corrected chi connectivity index (χ3v) is 3.21. The molecule has 1 aromatic heterocycles. The molecule has 0 atom stereocenters. The summed E-state index contributed by atoms with van der Waals surface area (Å²) in [6.45, 7) is 0.313. The largest absolute Gasteiger partial charge is 0.478 e. The van der Waals surface area contributed by atoms with E-state index in [2.05, 4.69) is 17.2 Å². The standard InChI is InChI=1S/C15H12FNO2S/c16-12-6-1-2-7-13(12)19-10-4-3-9-17-15(18)14-8-5-11-20-14/h1-2,5-8,11H,9-10H2,(H,17,18). The number of para-hydroxylation sites is 1. The minimum atomic E-state index is -0.416. The number of hydrogen-bond acceptors (Lipinski definition) is 3. The fraction of sp³-hybridized carbons (Fsp3) is 0.133. The van der Waals surface area contributed by atoms with Crippen molar-refractivity contribution in [1.82, 2.24) is 5.32 Å². The first-order valence-electron chi connectivity index (χ1n) is 5.92. The molecule has 3 nitrogen and oxygen atoms in total. The normalized spacial score (nSPS) is 9.45. The molecule has 1 heterocycles. The van der Waals surface area contributed by atoms with Gasteiger partial charge in [0.25, 0.3) is 5.91 Å². The van der Waals surface area contributed by atoms with Gasteiger partial charge in [-0.15, -0.1) is 11.3 Å². The maximum atomic E-state index is 13.2. The average molecular weight is 289 g/mol. The second-order valence-electron chi connectivity index (χ2n) is 3.73. The number of halogens is 1. The van der Waals surface area contributed by atoms with Crippen LogP contribution in [0.4, 0.5) is 4.39 Å². The average Bonchev–Trinajstić information content (AvgIpc) is 2.98. The zero-order chi connectivity index (χ0) is 14.2. The zero-order valence-electron chi connectivity index (χ0n) is 10.6. The first kappa shape index (κ1) is 14.1. The lowest BCUT2D eigenvalue weighted by Crippen LogP contribution is -2.22. The second kappa shape index (κ2) is 7.31. The number of hydrogen-bond donors (Lipinski definition) is 1. The minimum absolute atomic E-state index is 0.0792. The highest BCUT2D eigenvalue weighted by Crippen LogP contribution is 2.14. The molecule has 0 aliphatic carbocycles. The van der Waals surface area contributed by atoms with Crippen molar-refractivity contribution in [2.24, 2.45) is 0 Å². The van der Waals surface area contributed by atoms with Crippen LogP contribution in [0.15, 0.2) is 41.8 Å². The minimum Gasteiger partial charge on any atom is -0.478 e. The van der Waals surface area contributed by atoms with Crippen molar-refractivity contribution in [3.05, 3.63) is 52.5 Å². The quantitative estimate of drug-likeness (QED) is 0.879. The Morgan fingerprint density at radius 3 is 2.85 bits per heavy atom. The molecule has 0 radical (unpaired) electrons. The molecule has 1 amide bonds. The van der Waals surface area contributed by atoms with Crippen LogP contribution in [0.1, 0.15) is 9.67 Å². The number of benzene rings is 1. The molecule has 5 heteroatoms. The van der Waals surface area contributed by atoms with Crippen molar-refractivity contribution in [3.8, 4) is 17.6 Å². The molecule has 1 N–H and O–H groups in total. The smallest absolute Gasteiger partial charge is 0.262 e. The monoisotopic (exact) mass is 289 g/mol. The Kier molecular flexibility index (Phi) is 5.15. The van der Waals surface area contributed by atoms with Gasteiger partial charge in [0, 0.05) is 0 Å². The number of carbonyl (C=O) groups is 1. The van der Waals surface area contributed by atoms with Crippen molar-refractivity contribution < 1.29 is 13.9 Å². The first-order chi connectivity index (χ1) is 9.77. The van der Waals surface area contributed by atoms with E-state index in [1.807, 2.05) is 11.4 Å². The number of nitrogens with one attached hydrogen (secondary N) is 1. The second-order valence-corrected chi connectivity index (χ2v) is 4.68. The molecule has 20 heavy (non-hydrogen) atoms. The van der Waals surface area contributed by atoms with Crippen LogP contribution in [0, 0.1) is 17.7 Å². The maximum absolute atomic E-state index is 13.2. The van der Waals surface area contributed by atoms with E-state index in [1.165, 1.54) is 23.5 Å². The summed E-state index contributed by atoms with van der Waals surface area (Å²) < 4.78 is 18.4. The molecule has 2 rings (SSSR count). The lowest BCUT2D eigenvalue weighted by Gasteiger charge is -2.02. The van der Waals surface area contributed by atoms with Crippen LogP contribution in [-0.2, 0) is 0 Å². The SMILES string of the molecule is O=C(NCC#CCOc1ccccc1F)c1cccs1. The van der Waals surface area contributed by atoms with Crippen LogP contribution < -0.4 is 10.1 Å². The van der Waals surface area contributed by atoms with Gasteiger partial charge in [0.15, 0.2) is 11.6 Å². The van der Waals surface area contributed by atoms with Crippen molar-refractivity contribution >= 4 is 17.2 Å². The fourth-order valence-electron chi connectivity index (χ4n) is 1.41. The van der Waals surface area contributed by atoms with Crippen molar-refractivity contribution in [1.29, 1.82) is 0 Å². The summed E-state index contributed by atoms with van der Waals surface area (Å²) in [6, 6.07) is 9.70. The molecule has 0 unspecified atom stereocenters. The van der Waals surface area contributed by atoms with E-state index in [1.54, 1.807) is 18.2 Å². The summed E-state index contributed by atoms with van der Waals surface area (Å²) >= 11 is 1.37. The van der Waals surface area contributed by atoms with Crippen LogP contribution in [0.25, 0.3) is 0 Å². The zero-order valence-corrected chi connectivity index (χ0v) is 11.4. The molecule has 2 aromatic rings. The number of carbonyl (C=O) groups excluding carboxylic acids is 1. The molecule has 102 valence electrons. The third-order valence-electron chi connectivity index (χ3n) is 2.34. The topological polar surface area (TPSA) is 38.3 Å². The highest BCUT2D eigenvalue weighted by molar-refractivity contribution is 7.12. The molecule has 0 aliphatic heterocycles. The Morgan fingerprint density at radius 2 is 2.10 bits per heavy atom. The molecule has 0 bridgehead atoms. The van der Waals surface area contributed by atoms with Gasteiger partial charge < -0.3 is 10.1 Å².